The summed E-state index contributed by atoms with van der Waals surface area (Å²) in [7, 11) is 0. The minimum Gasteiger partial charge on any atom is -0.203 e. The molecule has 0 amide bonds. The van der Waals surface area contributed by atoms with Gasteiger partial charge in [0.05, 0.1) is 0 Å². The minimum atomic E-state index is -0.746. The first-order valence-electron chi connectivity index (χ1n) is 10.4. The minimum absolute atomic E-state index is 0.343. The van der Waals surface area contributed by atoms with Crippen LogP contribution in [0.5, 0.6) is 0 Å². The fourth-order valence-corrected chi connectivity index (χ4v) is 5.76. The summed E-state index contributed by atoms with van der Waals surface area (Å²) in [5.41, 5.74) is 2.78. The molecule has 0 bridgehead atoms. The second kappa shape index (κ2) is 7.44. The predicted octanol–water partition coefficient (Wildman–Crippen LogP) is 8.29. The molecule has 1 heterocycles. The van der Waals surface area contributed by atoms with Crippen molar-refractivity contribution in [2.24, 2.45) is 0 Å². The first kappa shape index (κ1) is 18.1. The lowest BCUT2D eigenvalue weighted by Gasteiger charge is -2.23. The summed E-state index contributed by atoms with van der Waals surface area (Å²) in [5.74, 6) is -0.241. The zero-order chi connectivity index (χ0) is 19.1. The van der Waals surface area contributed by atoms with Crippen LogP contribution in [0.4, 0.5) is 8.78 Å². The molecule has 2 fully saturated rings. The molecule has 0 radical (unpaired) electrons. The quantitative estimate of drug-likeness (QED) is 0.417. The van der Waals surface area contributed by atoms with Gasteiger partial charge in [0.25, 0.3) is 0 Å². The average Bonchev–Trinajstić information content (AvgIpc) is 3.35. The molecule has 0 N–H and O–H groups in total. The molecule has 5 rings (SSSR count). The smallest absolute Gasteiger partial charge is 0.168 e. The molecule has 2 aromatic carbocycles. The van der Waals surface area contributed by atoms with Gasteiger partial charge in [0.15, 0.2) is 11.6 Å². The van der Waals surface area contributed by atoms with Crippen LogP contribution in [0.2, 0.25) is 0 Å². The van der Waals surface area contributed by atoms with E-state index in [1.54, 1.807) is 23.5 Å². The zero-order valence-electron chi connectivity index (χ0n) is 15.9. The molecule has 144 valence electrons. The van der Waals surface area contributed by atoms with E-state index in [0.717, 1.165) is 10.4 Å². The largest absolute Gasteiger partial charge is 0.203 e. The summed E-state index contributed by atoms with van der Waals surface area (Å²) in [4.78, 5) is 2.12. The summed E-state index contributed by atoms with van der Waals surface area (Å²) in [6, 6.07) is 15.5. The van der Waals surface area contributed by atoms with Crippen molar-refractivity contribution in [1.29, 1.82) is 0 Å². The molecular formula is C25H24F2S. The monoisotopic (exact) mass is 394 g/mol. The highest BCUT2D eigenvalue weighted by Gasteiger charge is 2.23. The van der Waals surface area contributed by atoms with Gasteiger partial charge in [-0.05, 0) is 66.8 Å². The molecule has 28 heavy (non-hydrogen) atoms. The van der Waals surface area contributed by atoms with E-state index >= 15 is 0 Å². The Bertz CT molecular complexity index is 976. The van der Waals surface area contributed by atoms with Gasteiger partial charge < -0.3 is 0 Å². The Morgan fingerprint density at radius 3 is 1.96 bits per heavy atom. The topological polar surface area (TPSA) is 0 Å². The van der Waals surface area contributed by atoms with Gasteiger partial charge in [0.2, 0.25) is 0 Å². The van der Waals surface area contributed by atoms with Gasteiger partial charge in [-0.2, -0.15) is 0 Å². The average molecular weight is 395 g/mol. The normalized spacial score (nSPS) is 17.8. The third-order valence-electron chi connectivity index (χ3n) is 6.53. The van der Waals surface area contributed by atoms with Crippen LogP contribution in [0.1, 0.15) is 67.2 Å². The van der Waals surface area contributed by atoms with E-state index < -0.39 is 11.6 Å². The van der Waals surface area contributed by atoms with Gasteiger partial charge in [-0.15, -0.1) is 11.3 Å². The Morgan fingerprint density at radius 2 is 1.29 bits per heavy atom. The molecule has 0 spiro atoms. The second-order valence-electron chi connectivity index (χ2n) is 8.22. The van der Waals surface area contributed by atoms with Crippen molar-refractivity contribution in [2.45, 2.75) is 56.8 Å². The standard InChI is InChI=1S/C25H24F2S/c26-24-20(18-10-8-17(9-11-18)16-4-1-2-5-16)12-13-21(25(24)27)23-15-14-22(28-23)19-6-3-7-19/h8-16,19H,1-7H2. The predicted molar refractivity (Wildman–Crippen MR) is 113 cm³/mol. The maximum Gasteiger partial charge on any atom is 0.168 e. The van der Waals surface area contributed by atoms with Crippen LogP contribution in [0.3, 0.4) is 0 Å². The SMILES string of the molecule is Fc1c(-c2ccc(C3CCCC3)cc2)ccc(-c2ccc(C3CCC3)s2)c1F. The number of hydrogen-bond donors (Lipinski definition) is 0. The Hall–Kier alpha value is -2.00. The van der Waals surface area contributed by atoms with E-state index in [0.29, 0.717) is 23.0 Å². The van der Waals surface area contributed by atoms with Crippen molar-refractivity contribution >= 4 is 11.3 Å². The zero-order valence-corrected chi connectivity index (χ0v) is 16.7. The summed E-state index contributed by atoms with van der Waals surface area (Å²) >= 11 is 1.60. The Balaban J connectivity index is 1.43. The molecule has 1 aromatic heterocycles. The molecule has 2 aliphatic carbocycles. The van der Waals surface area contributed by atoms with Gasteiger partial charge >= 0.3 is 0 Å². The van der Waals surface area contributed by atoms with Crippen molar-refractivity contribution in [3.8, 4) is 21.6 Å². The molecule has 0 aliphatic heterocycles. The highest BCUT2D eigenvalue weighted by Crippen LogP contribution is 2.43. The Morgan fingerprint density at radius 1 is 0.643 bits per heavy atom. The first-order chi connectivity index (χ1) is 13.7. The molecular weight excluding hydrogens is 370 g/mol. The van der Waals surface area contributed by atoms with Gasteiger partial charge in [0, 0.05) is 20.9 Å². The summed E-state index contributed by atoms with van der Waals surface area (Å²) < 4.78 is 29.8. The molecule has 0 atom stereocenters. The lowest BCUT2D eigenvalue weighted by Crippen LogP contribution is -2.06. The van der Waals surface area contributed by atoms with E-state index in [2.05, 4.69) is 18.2 Å². The molecule has 0 saturated heterocycles. The lowest BCUT2D eigenvalue weighted by atomic mass is 9.84. The van der Waals surface area contributed by atoms with E-state index in [9.17, 15) is 8.78 Å². The van der Waals surface area contributed by atoms with Gasteiger partial charge in [-0.3, -0.25) is 0 Å². The van der Waals surface area contributed by atoms with Gasteiger partial charge in [-0.25, -0.2) is 8.78 Å². The van der Waals surface area contributed by atoms with Crippen LogP contribution in [0.25, 0.3) is 21.6 Å². The number of rotatable bonds is 4. The third kappa shape index (κ3) is 3.20. The van der Waals surface area contributed by atoms with Crippen LogP contribution in [0.15, 0.2) is 48.5 Å². The Labute approximate surface area is 169 Å². The van der Waals surface area contributed by atoms with E-state index in [1.807, 2.05) is 18.2 Å². The van der Waals surface area contributed by atoms with Crippen molar-refractivity contribution in [1.82, 2.24) is 0 Å². The van der Waals surface area contributed by atoms with Crippen molar-refractivity contribution in [3.05, 3.63) is 70.6 Å². The second-order valence-corrected chi connectivity index (χ2v) is 9.34. The van der Waals surface area contributed by atoms with Crippen molar-refractivity contribution < 1.29 is 8.78 Å². The molecule has 3 heteroatoms. The van der Waals surface area contributed by atoms with Crippen molar-refractivity contribution in [3.63, 3.8) is 0 Å². The number of thiophene rings is 1. The number of hydrogen-bond acceptors (Lipinski definition) is 1. The van der Waals surface area contributed by atoms with Crippen LogP contribution < -0.4 is 0 Å². The summed E-state index contributed by atoms with van der Waals surface area (Å²) in [6.45, 7) is 0. The molecule has 2 aliphatic rings. The number of benzene rings is 2. The number of halogens is 2. The first-order valence-corrected chi connectivity index (χ1v) is 11.2. The highest BCUT2D eigenvalue weighted by molar-refractivity contribution is 7.15. The summed E-state index contributed by atoms with van der Waals surface area (Å²) in [5, 5.41) is 0. The van der Waals surface area contributed by atoms with Crippen LogP contribution >= 0.6 is 11.3 Å². The third-order valence-corrected chi connectivity index (χ3v) is 7.81. The van der Waals surface area contributed by atoms with Crippen LogP contribution in [0, 0.1) is 11.6 Å². The molecule has 0 nitrogen and oxygen atoms in total. The van der Waals surface area contributed by atoms with E-state index in [1.165, 1.54) is 55.4 Å². The van der Waals surface area contributed by atoms with E-state index in [4.69, 9.17) is 0 Å². The lowest BCUT2D eigenvalue weighted by molar-refractivity contribution is 0.426. The maximum atomic E-state index is 14.9. The van der Waals surface area contributed by atoms with Gasteiger partial charge in [0.1, 0.15) is 0 Å². The fraction of sp³-hybridized carbons (Fsp3) is 0.360. The Kier molecular flexibility index (Phi) is 4.80. The highest BCUT2D eigenvalue weighted by atomic mass is 32.1. The maximum absolute atomic E-state index is 14.9. The summed E-state index contributed by atoms with van der Waals surface area (Å²) in [6.07, 6.45) is 8.76. The van der Waals surface area contributed by atoms with Gasteiger partial charge in [-0.1, -0.05) is 49.6 Å². The molecule has 0 unspecified atom stereocenters. The van der Waals surface area contributed by atoms with Crippen LogP contribution in [-0.4, -0.2) is 0 Å². The molecule has 3 aromatic rings. The fourth-order valence-electron chi connectivity index (χ4n) is 4.57. The van der Waals surface area contributed by atoms with Crippen LogP contribution in [-0.2, 0) is 0 Å². The molecule has 2 saturated carbocycles. The van der Waals surface area contributed by atoms with Crippen molar-refractivity contribution in [2.75, 3.05) is 0 Å². The van der Waals surface area contributed by atoms with E-state index in [-0.39, 0.29) is 0 Å².